The van der Waals surface area contributed by atoms with E-state index in [0.29, 0.717) is 0 Å². The van der Waals surface area contributed by atoms with Gasteiger partial charge in [-0.05, 0) is 129 Å². The van der Waals surface area contributed by atoms with Crippen molar-refractivity contribution in [2.75, 3.05) is 9.80 Å². The summed E-state index contributed by atoms with van der Waals surface area (Å²) in [5.41, 5.74) is 19.1. The summed E-state index contributed by atoms with van der Waals surface area (Å²) in [4.78, 5) is 4.79. The average Bonchev–Trinajstić information content (AvgIpc) is 3.37. The number of benzene rings is 10. The van der Waals surface area contributed by atoms with E-state index in [2.05, 4.69) is 266 Å². The van der Waals surface area contributed by atoms with Crippen LogP contribution in [0.4, 0.5) is 34.1 Å². The zero-order valence-corrected chi connectivity index (χ0v) is 36.4. The Hall–Kier alpha value is -7.94. The van der Waals surface area contributed by atoms with Crippen LogP contribution in [0.5, 0.6) is 0 Å². The topological polar surface area (TPSA) is 6.48 Å². The fraction of sp³-hybridized carbons (Fsp3) is 0.0645. The number of hydrogen-bond acceptors (Lipinski definition) is 2. The summed E-state index contributed by atoms with van der Waals surface area (Å²) in [5.74, 6) is 0. The van der Waals surface area contributed by atoms with Crippen LogP contribution in [0.1, 0.15) is 25.0 Å². The molecule has 0 N–H and O–H groups in total. The Kier molecular flexibility index (Phi) is 11.4. The molecule has 10 aromatic rings. The molecule has 0 amide bonds. The Morgan fingerprint density at radius 1 is 0.281 bits per heavy atom. The molecule has 64 heavy (non-hydrogen) atoms. The van der Waals surface area contributed by atoms with E-state index in [-0.39, 0.29) is 0 Å². The molecule has 0 spiro atoms. The number of hydrogen-bond donors (Lipinski definition) is 0. The Morgan fingerprint density at radius 3 is 1.30 bits per heavy atom. The van der Waals surface area contributed by atoms with E-state index >= 15 is 0 Å². The van der Waals surface area contributed by atoms with Crippen molar-refractivity contribution in [1.29, 1.82) is 0 Å². The molecule has 0 aromatic heterocycles. The Morgan fingerprint density at radius 2 is 0.688 bits per heavy atom. The van der Waals surface area contributed by atoms with Crippen LogP contribution in [0.15, 0.2) is 243 Å². The first-order chi connectivity index (χ1) is 31.7. The second-order valence-electron chi connectivity index (χ2n) is 16.2. The number of para-hydroxylation sites is 4. The van der Waals surface area contributed by atoms with Crippen molar-refractivity contribution in [2.45, 2.75) is 26.7 Å². The molecule has 0 bridgehead atoms. The summed E-state index contributed by atoms with van der Waals surface area (Å²) in [6.45, 7) is 4.50. The van der Waals surface area contributed by atoms with Crippen molar-refractivity contribution < 1.29 is 0 Å². The summed E-state index contributed by atoms with van der Waals surface area (Å²) in [6, 6.07) is 88.1. The van der Waals surface area contributed by atoms with E-state index < -0.39 is 0 Å². The maximum absolute atomic E-state index is 2.41. The van der Waals surface area contributed by atoms with Crippen molar-refractivity contribution >= 4 is 44.9 Å². The lowest BCUT2D eigenvalue weighted by Gasteiger charge is -2.29. The molecular weight excluding hydrogens is 773 g/mol. The lowest BCUT2D eigenvalue weighted by atomic mass is 9.92. The number of aryl methyl sites for hydroxylation is 2. The van der Waals surface area contributed by atoms with Gasteiger partial charge in [-0.15, -0.1) is 0 Å². The van der Waals surface area contributed by atoms with Crippen molar-refractivity contribution in [3.63, 3.8) is 0 Å². The third-order valence-corrected chi connectivity index (χ3v) is 12.5. The van der Waals surface area contributed by atoms with Crippen LogP contribution in [0, 0.1) is 0 Å². The highest BCUT2D eigenvalue weighted by Gasteiger charge is 2.21. The van der Waals surface area contributed by atoms with Gasteiger partial charge in [-0.1, -0.05) is 196 Å². The molecule has 0 aliphatic heterocycles. The molecule has 0 radical (unpaired) electrons. The Balaban J connectivity index is 1.02. The summed E-state index contributed by atoms with van der Waals surface area (Å²) in [6.07, 6.45) is 1.94. The van der Waals surface area contributed by atoms with E-state index in [1.165, 1.54) is 49.7 Å². The fourth-order valence-electron chi connectivity index (χ4n) is 9.30. The molecule has 0 saturated heterocycles. The minimum Gasteiger partial charge on any atom is -0.310 e. The SMILES string of the molecule is CCc1ccccc1-c1ccc(N(c2ccccc2)c2ccccc2-c2ccc(-c3ccccc3N(c3ccccc3)c3ccc(-c4cccc5ccccc45)cc3)cc2)cc1CC. The molecule has 308 valence electrons. The molecule has 2 heteroatoms. The van der Waals surface area contributed by atoms with E-state index in [9.17, 15) is 0 Å². The van der Waals surface area contributed by atoms with Gasteiger partial charge in [-0.3, -0.25) is 0 Å². The predicted octanol–water partition coefficient (Wildman–Crippen LogP) is 17.6. The Labute approximate surface area is 378 Å². The maximum atomic E-state index is 2.41. The molecule has 0 fully saturated rings. The molecule has 10 aromatic carbocycles. The molecular formula is C62H50N2. The van der Waals surface area contributed by atoms with Gasteiger partial charge < -0.3 is 9.80 Å². The van der Waals surface area contributed by atoms with Gasteiger partial charge in [0.2, 0.25) is 0 Å². The van der Waals surface area contributed by atoms with E-state index in [1.807, 2.05) is 0 Å². The number of rotatable bonds is 12. The monoisotopic (exact) mass is 822 g/mol. The predicted molar refractivity (Wildman–Crippen MR) is 274 cm³/mol. The molecule has 10 rings (SSSR count). The van der Waals surface area contributed by atoms with Gasteiger partial charge in [0.1, 0.15) is 0 Å². The quantitative estimate of drug-likeness (QED) is 0.121. The minimum absolute atomic E-state index is 0.937. The van der Waals surface area contributed by atoms with E-state index in [1.54, 1.807) is 0 Å². The van der Waals surface area contributed by atoms with Crippen LogP contribution in [0.2, 0.25) is 0 Å². The third-order valence-electron chi connectivity index (χ3n) is 12.5. The maximum Gasteiger partial charge on any atom is 0.0540 e. The second-order valence-corrected chi connectivity index (χ2v) is 16.2. The van der Waals surface area contributed by atoms with Crippen LogP contribution >= 0.6 is 0 Å². The molecule has 2 nitrogen and oxygen atoms in total. The van der Waals surface area contributed by atoms with Crippen molar-refractivity contribution in [2.24, 2.45) is 0 Å². The summed E-state index contributed by atoms with van der Waals surface area (Å²) < 4.78 is 0. The average molecular weight is 823 g/mol. The summed E-state index contributed by atoms with van der Waals surface area (Å²) in [7, 11) is 0. The highest BCUT2D eigenvalue weighted by molar-refractivity contribution is 5.97. The molecule has 0 saturated carbocycles. The van der Waals surface area contributed by atoms with E-state index in [4.69, 9.17) is 0 Å². The van der Waals surface area contributed by atoms with Gasteiger partial charge in [0.25, 0.3) is 0 Å². The van der Waals surface area contributed by atoms with E-state index in [0.717, 1.165) is 63.7 Å². The molecule has 0 aliphatic rings. The van der Waals surface area contributed by atoms with Gasteiger partial charge in [-0.2, -0.15) is 0 Å². The highest BCUT2D eigenvalue weighted by Crippen LogP contribution is 2.45. The smallest absolute Gasteiger partial charge is 0.0540 e. The Bertz CT molecular complexity index is 3160. The number of nitrogens with zero attached hydrogens (tertiary/aromatic N) is 2. The van der Waals surface area contributed by atoms with Crippen LogP contribution in [0.25, 0.3) is 55.3 Å². The normalized spacial score (nSPS) is 11.1. The summed E-state index contributed by atoms with van der Waals surface area (Å²) in [5, 5.41) is 2.51. The molecule has 0 atom stereocenters. The fourth-order valence-corrected chi connectivity index (χ4v) is 9.30. The largest absolute Gasteiger partial charge is 0.310 e. The van der Waals surface area contributed by atoms with Gasteiger partial charge >= 0.3 is 0 Å². The van der Waals surface area contributed by atoms with Crippen LogP contribution < -0.4 is 9.80 Å². The third kappa shape index (κ3) is 7.87. The molecule has 0 heterocycles. The van der Waals surface area contributed by atoms with Gasteiger partial charge in [0.05, 0.1) is 11.4 Å². The standard InChI is InChI=1S/C62H50N2/c1-3-45-20-11-13-27-55(45)58-43-42-54(44-46(58)4-2)64(52-25-9-6-10-26-52)62-33-18-16-30-60(62)50-36-34-49(35-37-50)59-29-15-17-32-61(59)63(51-23-7-5-8-24-51)53-40-38-48(39-41-53)57-31-19-22-47-21-12-14-28-56(47)57/h5-44H,3-4H2,1-2H3. The van der Waals surface area contributed by atoms with Crippen molar-refractivity contribution in [1.82, 2.24) is 0 Å². The van der Waals surface area contributed by atoms with Crippen molar-refractivity contribution in [3.05, 3.63) is 254 Å². The second kappa shape index (κ2) is 18.2. The highest BCUT2D eigenvalue weighted by atomic mass is 15.1. The molecule has 0 unspecified atom stereocenters. The zero-order chi connectivity index (χ0) is 43.2. The van der Waals surface area contributed by atoms with Gasteiger partial charge in [0.15, 0.2) is 0 Å². The van der Waals surface area contributed by atoms with Crippen molar-refractivity contribution in [3.8, 4) is 44.5 Å². The lowest BCUT2D eigenvalue weighted by Crippen LogP contribution is -2.12. The number of fused-ring (bicyclic) bond motifs is 1. The zero-order valence-electron chi connectivity index (χ0n) is 36.4. The lowest BCUT2D eigenvalue weighted by molar-refractivity contribution is 1.11. The summed E-state index contributed by atoms with van der Waals surface area (Å²) >= 11 is 0. The van der Waals surface area contributed by atoms with Crippen LogP contribution in [-0.4, -0.2) is 0 Å². The van der Waals surface area contributed by atoms with Gasteiger partial charge in [0, 0.05) is 33.9 Å². The van der Waals surface area contributed by atoms with Crippen LogP contribution in [0.3, 0.4) is 0 Å². The first kappa shape index (κ1) is 40.2. The van der Waals surface area contributed by atoms with Gasteiger partial charge in [-0.25, -0.2) is 0 Å². The first-order valence-electron chi connectivity index (χ1n) is 22.5. The van der Waals surface area contributed by atoms with Crippen LogP contribution in [-0.2, 0) is 12.8 Å². The number of anilines is 6. The molecule has 0 aliphatic carbocycles. The first-order valence-corrected chi connectivity index (χ1v) is 22.5. The minimum atomic E-state index is 0.937.